The molecule has 0 aliphatic heterocycles. The van der Waals surface area contributed by atoms with Crippen LogP contribution in [0.3, 0.4) is 0 Å². The summed E-state index contributed by atoms with van der Waals surface area (Å²) in [7, 11) is 0. The van der Waals surface area contributed by atoms with Crippen LogP contribution >= 0.6 is 0 Å². The zero-order valence-corrected chi connectivity index (χ0v) is 9.47. The molecule has 0 saturated carbocycles. The van der Waals surface area contributed by atoms with E-state index in [1.165, 1.54) is 0 Å². The van der Waals surface area contributed by atoms with E-state index in [1.54, 1.807) is 0 Å². The molecule has 0 rings (SSSR count). The summed E-state index contributed by atoms with van der Waals surface area (Å²) in [4.78, 5) is 0. The van der Waals surface area contributed by atoms with Crippen LogP contribution in [-0.2, 0) is 39.0 Å². The Labute approximate surface area is 59.2 Å². The number of hydrogen-bond acceptors (Lipinski definition) is 0. The third kappa shape index (κ3) is 35.6. The summed E-state index contributed by atoms with van der Waals surface area (Å²) in [6.07, 6.45) is 0.750. The van der Waals surface area contributed by atoms with Crippen molar-refractivity contribution in [3.63, 3.8) is 0 Å². The molecule has 0 aromatic rings. The Hall–Kier alpha value is 1.25. The van der Waals surface area contributed by atoms with Crippen molar-refractivity contribution in [2.75, 3.05) is 0 Å². The molecule has 0 atom stereocenters. The molecule has 0 radical (unpaired) electrons. The molecule has 0 N–H and O–H groups in total. The average molecular weight is 173 g/mol. The van der Waals surface area contributed by atoms with Crippen LogP contribution in [0, 0.1) is 13.8 Å². The van der Waals surface area contributed by atoms with E-state index in [1.807, 2.05) is 0 Å². The summed E-state index contributed by atoms with van der Waals surface area (Å²) < 4.78 is 0. The van der Waals surface area contributed by atoms with Gasteiger partial charge in [0.15, 0.2) is 0 Å². The maximum absolute atomic E-state index is 3.38. The minimum absolute atomic E-state index is 0. The molecule has 0 bridgehead atoms. The molecule has 0 aliphatic rings. The number of hydrogen-bond donors (Lipinski definition) is 0. The average Bonchev–Trinajstić information content (AvgIpc) is 0.918. The first-order valence-corrected chi connectivity index (χ1v) is 1.000. The molecule has 0 spiro atoms. The predicted octanol–water partition coefficient (Wildman–Crippen LogP) is 1.04. The standard InChI is InChI=1S/C3H6.2Zn/c1-3-2;;/h1-3H2;;/q-2;;. The largest absolute Gasteiger partial charge is 0.372 e. The van der Waals surface area contributed by atoms with Crippen molar-refractivity contribution in [3.8, 4) is 0 Å². The minimum atomic E-state index is 0. The zero-order valence-electron chi connectivity index (χ0n) is 3.54. The molecular weight excluding hydrogens is 167 g/mol. The van der Waals surface area contributed by atoms with Gasteiger partial charge in [-0.3, -0.25) is 0 Å². The number of rotatable bonds is 0. The zero-order chi connectivity index (χ0) is 2.71. The SMILES string of the molecule is [CH2-]C[CH2-].[Zn].[Zn]. The molecule has 0 aliphatic carbocycles. The van der Waals surface area contributed by atoms with Gasteiger partial charge in [-0.05, 0) is 0 Å². The van der Waals surface area contributed by atoms with E-state index >= 15 is 0 Å². The normalized spacial score (nSPS) is 3.60. The monoisotopic (exact) mass is 170 g/mol. The molecule has 24 valence electrons. The second-order valence-electron chi connectivity index (χ2n) is 0.354. The quantitative estimate of drug-likeness (QED) is 0.379. The molecule has 0 heterocycles. The molecule has 0 aromatic carbocycles. The van der Waals surface area contributed by atoms with Crippen molar-refractivity contribution in [1.82, 2.24) is 0 Å². The fourth-order valence-corrected chi connectivity index (χ4v) is 0. The van der Waals surface area contributed by atoms with Crippen LogP contribution in [0.5, 0.6) is 0 Å². The van der Waals surface area contributed by atoms with Gasteiger partial charge in [-0.2, -0.15) is 0 Å². The van der Waals surface area contributed by atoms with Gasteiger partial charge in [0.05, 0.1) is 0 Å². The molecule has 0 amide bonds. The van der Waals surface area contributed by atoms with E-state index in [2.05, 4.69) is 13.8 Å². The van der Waals surface area contributed by atoms with Crippen LogP contribution in [0.15, 0.2) is 0 Å². The van der Waals surface area contributed by atoms with E-state index in [0.717, 1.165) is 6.42 Å². The molecule has 0 unspecified atom stereocenters. The second-order valence-corrected chi connectivity index (χ2v) is 0.354. The van der Waals surface area contributed by atoms with Crippen molar-refractivity contribution in [2.24, 2.45) is 0 Å². The molecular formula is C3H6Zn2-2. The first-order chi connectivity index (χ1) is 1.41. The Morgan fingerprint density at radius 1 is 1.00 bits per heavy atom. The topological polar surface area (TPSA) is 0 Å². The van der Waals surface area contributed by atoms with Crippen LogP contribution < -0.4 is 0 Å². The maximum Gasteiger partial charge on any atom is 0 e. The van der Waals surface area contributed by atoms with E-state index in [4.69, 9.17) is 0 Å². The predicted molar refractivity (Wildman–Crippen MR) is 15.3 cm³/mol. The Bertz CT molecular complexity index is 4.85. The minimum Gasteiger partial charge on any atom is -0.372 e. The van der Waals surface area contributed by atoms with Crippen molar-refractivity contribution < 1.29 is 39.0 Å². The van der Waals surface area contributed by atoms with E-state index in [9.17, 15) is 0 Å². The Morgan fingerprint density at radius 3 is 1.00 bits per heavy atom. The molecule has 0 nitrogen and oxygen atoms in total. The van der Waals surface area contributed by atoms with Gasteiger partial charge in [-0.1, -0.05) is 0 Å². The van der Waals surface area contributed by atoms with Crippen LogP contribution in [0.2, 0.25) is 0 Å². The van der Waals surface area contributed by atoms with Gasteiger partial charge in [-0.15, -0.1) is 0 Å². The molecule has 5 heavy (non-hydrogen) atoms. The Balaban J connectivity index is -0.0000000200. The van der Waals surface area contributed by atoms with Gasteiger partial charge >= 0.3 is 0 Å². The van der Waals surface area contributed by atoms with Gasteiger partial charge in [0.1, 0.15) is 0 Å². The van der Waals surface area contributed by atoms with Gasteiger partial charge in [0.25, 0.3) is 0 Å². The van der Waals surface area contributed by atoms with Crippen LogP contribution in [-0.4, -0.2) is 0 Å². The van der Waals surface area contributed by atoms with Crippen LogP contribution in [0.4, 0.5) is 0 Å². The van der Waals surface area contributed by atoms with Gasteiger partial charge < -0.3 is 20.3 Å². The Morgan fingerprint density at radius 2 is 1.00 bits per heavy atom. The van der Waals surface area contributed by atoms with E-state index in [0.29, 0.717) is 0 Å². The molecule has 2 heteroatoms. The van der Waals surface area contributed by atoms with Crippen LogP contribution in [0.25, 0.3) is 0 Å². The van der Waals surface area contributed by atoms with Crippen molar-refractivity contribution in [2.45, 2.75) is 6.42 Å². The fraction of sp³-hybridized carbons (Fsp3) is 0.333. The first-order valence-electron chi connectivity index (χ1n) is 1.000. The Kier molecular flexibility index (Phi) is 61.2. The third-order valence-electron chi connectivity index (χ3n) is 0. The summed E-state index contributed by atoms with van der Waals surface area (Å²) in [5.41, 5.74) is 0. The summed E-state index contributed by atoms with van der Waals surface area (Å²) in [6.45, 7) is 6.75. The molecule has 0 saturated heterocycles. The molecule has 0 fully saturated rings. The summed E-state index contributed by atoms with van der Waals surface area (Å²) in [5, 5.41) is 0. The fourth-order valence-electron chi connectivity index (χ4n) is 0. The van der Waals surface area contributed by atoms with Gasteiger partial charge in [0.2, 0.25) is 0 Å². The van der Waals surface area contributed by atoms with Gasteiger partial charge in [-0.25, -0.2) is 0 Å². The molecule has 0 aromatic heterocycles. The summed E-state index contributed by atoms with van der Waals surface area (Å²) >= 11 is 0. The maximum atomic E-state index is 3.38. The smallest absolute Gasteiger partial charge is 0 e. The van der Waals surface area contributed by atoms with Crippen molar-refractivity contribution in [1.29, 1.82) is 0 Å². The van der Waals surface area contributed by atoms with Crippen molar-refractivity contribution in [3.05, 3.63) is 13.8 Å². The van der Waals surface area contributed by atoms with Gasteiger partial charge in [0, 0.05) is 39.0 Å². The van der Waals surface area contributed by atoms with E-state index < -0.39 is 0 Å². The third-order valence-corrected chi connectivity index (χ3v) is 0. The summed E-state index contributed by atoms with van der Waals surface area (Å²) in [5.74, 6) is 0. The summed E-state index contributed by atoms with van der Waals surface area (Å²) in [6, 6.07) is 0. The van der Waals surface area contributed by atoms with Crippen molar-refractivity contribution >= 4 is 0 Å². The van der Waals surface area contributed by atoms with Crippen LogP contribution in [0.1, 0.15) is 6.42 Å². The first kappa shape index (κ1) is 16.3. The van der Waals surface area contributed by atoms with E-state index in [-0.39, 0.29) is 39.0 Å². The second kappa shape index (κ2) is 18.7.